The van der Waals surface area contributed by atoms with E-state index >= 15 is 0 Å². The highest BCUT2D eigenvalue weighted by atomic mass is 32.1. The lowest BCUT2D eigenvalue weighted by Gasteiger charge is -2.30. The van der Waals surface area contributed by atoms with Crippen molar-refractivity contribution in [2.75, 3.05) is 25.2 Å². The van der Waals surface area contributed by atoms with E-state index in [2.05, 4.69) is 10.2 Å². The molecule has 1 aromatic heterocycles. The highest BCUT2D eigenvalue weighted by Crippen LogP contribution is 2.39. The van der Waals surface area contributed by atoms with Crippen LogP contribution in [0.15, 0.2) is 18.2 Å². The number of carbonyl (C=O) groups is 1. The van der Waals surface area contributed by atoms with Gasteiger partial charge in [0.1, 0.15) is 5.82 Å². The first-order valence-electron chi connectivity index (χ1n) is 10.1. The minimum absolute atomic E-state index is 0.00963. The quantitative estimate of drug-likeness (QED) is 0.757. The second-order valence-electron chi connectivity index (χ2n) is 8.06. The summed E-state index contributed by atoms with van der Waals surface area (Å²) < 4.78 is 15.4. The number of nitrogens with zero attached hydrogens (tertiary/aromatic N) is 4. The Morgan fingerprint density at radius 2 is 1.97 bits per heavy atom. The van der Waals surface area contributed by atoms with Crippen LogP contribution < -0.4 is 14.8 Å². The molecule has 154 valence electrons. The summed E-state index contributed by atoms with van der Waals surface area (Å²) in [5.41, 5.74) is 0.745. The van der Waals surface area contributed by atoms with E-state index in [1.165, 1.54) is 12.8 Å². The number of ether oxygens (including phenoxy) is 2. The molecule has 29 heavy (non-hydrogen) atoms. The summed E-state index contributed by atoms with van der Waals surface area (Å²) in [4.78, 5) is 15.0. The molecule has 2 fully saturated rings. The molecule has 0 radical (unpaired) electrons. The van der Waals surface area contributed by atoms with E-state index in [1.807, 2.05) is 34.5 Å². The van der Waals surface area contributed by atoms with Gasteiger partial charge in [-0.2, -0.15) is 5.10 Å². The zero-order valence-corrected chi connectivity index (χ0v) is 17.3. The van der Waals surface area contributed by atoms with Crippen molar-refractivity contribution in [3.8, 4) is 11.5 Å². The van der Waals surface area contributed by atoms with Crippen molar-refractivity contribution in [3.05, 3.63) is 28.8 Å². The second-order valence-corrected chi connectivity index (χ2v) is 8.43. The summed E-state index contributed by atoms with van der Waals surface area (Å²) >= 11 is 5.55. The Balaban J connectivity index is 1.16. The van der Waals surface area contributed by atoms with E-state index in [0.29, 0.717) is 24.1 Å². The normalized spacial score (nSPS) is 19.5. The summed E-state index contributed by atoms with van der Waals surface area (Å²) in [5, 5.41) is 7.75. The van der Waals surface area contributed by atoms with Gasteiger partial charge in [0.25, 0.3) is 0 Å². The third-order valence-electron chi connectivity index (χ3n) is 5.95. The number of nitrogens with one attached hydrogen (secondary N) is 1. The highest BCUT2D eigenvalue weighted by Gasteiger charge is 2.30. The number of hydrogen-bond donors (Lipinski definition) is 1. The number of rotatable bonds is 5. The summed E-state index contributed by atoms with van der Waals surface area (Å²) in [6.45, 7) is 2.64. The van der Waals surface area contributed by atoms with Crippen LogP contribution in [-0.4, -0.2) is 45.0 Å². The molecule has 5 rings (SSSR count). The number of carbonyl (C=O) groups excluding carboxylic acids is 1. The highest BCUT2D eigenvalue weighted by molar-refractivity contribution is 7.71. The average molecular weight is 416 g/mol. The van der Waals surface area contributed by atoms with Gasteiger partial charge in [-0.1, -0.05) is 0 Å². The lowest BCUT2D eigenvalue weighted by atomic mass is 9.96. The Morgan fingerprint density at radius 3 is 2.72 bits per heavy atom. The Labute approximate surface area is 174 Å². The second kappa shape index (κ2) is 7.46. The zero-order chi connectivity index (χ0) is 20.0. The smallest absolute Gasteiger partial charge is 0.231 e. The maximum Gasteiger partial charge on any atom is 0.231 e. The van der Waals surface area contributed by atoms with Crippen LogP contribution in [-0.2, 0) is 18.5 Å². The van der Waals surface area contributed by atoms with Crippen LogP contribution in [0.4, 0.5) is 5.69 Å². The summed E-state index contributed by atoms with van der Waals surface area (Å²) in [6, 6.07) is 5.49. The maximum atomic E-state index is 12.7. The van der Waals surface area contributed by atoms with Crippen LogP contribution in [0.25, 0.3) is 0 Å². The first-order chi connectivity index (χ1) is 14.1. The Kier molecular flexibility index (Phi) is 4.79. The van der Waals surface area contributed by atoms with Crippen molar-refractivity contribution < 1.29 is 14.3 Å². The molecule has 1 saturated heterocycles. The molecule has 1 aromatic carbocycles. The number of anilines is 1. The monoisotopic (exact) mass is 415 g/mol. The Morgan fingerprint density at radius 1 is 1.21 bits per heavy atom. The molecule has 1 amide bonds. The maximum absolute atomic E-state index is 12.7. The molecule has 1 N–H and O–H groups in total. The van der Waals surface area contributed by atoms with Gasteiger partial charge < -0.3 is 19.4 Å². The molecule has 8 nitrogen and oxygen atoms in total. The number of piperidine rings is 1. The van der Waals surface area contributed by atoms with Crippen molar-refractivity contribution in [3.63, 3.8) is 0 Å². The van der Waals surface area contributed by atoms with E-state index in [1.54, 1.807) is 0 Å². The number of benzene rings is 1. The van der Waals surface area contributed by atoms with Gasteiger partial charge in [0.15, 0.2) is 16.3 Å². The third-order valence-corrected chi connectivity index (χ3v) is 6.43. The largest absolute Gasteiger partial charge is 0.454 e. The number of fused-ring (bicyclic) bond motifs is 1. The molecule has 0 bridgehead atoms. The molecule has 0 spiro atoms. The van der Waals surface area contributed by atoms with Crippen LogP contribution in [0.1, 0.15) is 37.4 Å². The molecule has 9 heteroatoms. The molecule has 0 atom stereocenters. The molecule has 2 aliphatic heterocycles. The lowest BCUT2D eigenvalue weighted by Crippen LogP contribution is -2.39. The van der Waals surface area contributed by atoms with Crippen molar-refractivity contribution in [1.82, 2.24) is 19.2 Å². The molecule has 1 saturated carbocycles. The van der Waals surface area contributed by atoms with E-state index in [4.69, 9.17) is 26.8 Å². The summed E-state index contributed by atoms with van der Waals surface area (Å²) in [5.74, 6) is 3.15. The molecular weight excluding hydrogens is 390 g/mol. The van der Waals surface area contributed by atoms with Gasteiger partial charge in [-0.15, -0.1) is 0 Å². The zero-order valence-electron chi connectivity index (χ0n) is 16.5. The van der Waals surface area contributed by atoms with Crippen LogP contribution in [0.5, 0.6) is 11.5 Å². The number of amides is 1. The van der Waals surface area contributed by atoms with E-state index < -0.39 is 0 Å². The van der Waals surface area contributed by atoms with Gasteiger partial charge in [-0.25, -0.2) is 4.68 Å². The van der Waals surface area contributed by atoms with Crippen LogP contribution >= 0.6 is 12.2 Å². The fourth-order valence-corrected chi connectivity index (χ4v) is 4.23. The Hall–Kier alpha value is -2.39. The first kappa shape index (κ1) is 18.6. The summed E-state index contributed by atoms with van der Waals surface area (Å²) in [6.07, 6.45) is 4.07. The van der Waals surface area contributed by atoms with Crippen molar-refractivity contribution in [1.29, 1.82) is 0 Å². The average Bonchev–Trinajstić information content (AvgIpc) is 3.40. The molecule has 3 heterocycles. The third kappa shape index (κ3) is 3.76. The topological polar surface area (TPSA) is 73.6 Å². The molecular formula is C20H25N5O3S. The fraction of sp³-hybridized carbons (Fsp3) is 0.550. The minimum Gasteiger partial charge on any atom is -0.454 e. The van der Waals surface area contributed by atoms with Gasteiger partial charge in [0, 0.05) is 43.7 Å². The molecule has 2 aromatic rings. The van der Waals surface area contributed by atoms with Gasteiger partial charge in [0.2, 0.25) is 12.7 Å². The van der Waals surface area contributed by atoms with Crippen LogP contribution in [0.2, 0.25) is 0 Å². The predicted molar refractivity (Wildman–Crippen MR) is 109 cm³/mol. The van der Waals surface area contributed by atoms with E-state index in [9.17, 15) is 4.79 Å². The van der Waals surface area contributed by atoms with Gasteiger partial charge in [-0.3, -0.25) is 9.69 Å². The SMILES string of the molecule is Cn1c(C2CC2)nn(CN2CCC(C(=O)Nc3ccc4c(c3)OCO4)CC2)c1=S. The van der Waals surface area contributed by atoms with Gasteiger partial charge >= 0.3 is 0 Å². The van der Waals surface area contributed by atoms with Crippen LogP contribution in [0.3, 0.4) is 0 Å². The summed E-state index contributed by atoms with van der Waals surface area (Å²) in [7, 11) is 2.01. The van der Waals surface area contributed by atoms with Crippen molar-refractivity contribution in [2.45, 2.75) is 38.3 Å². The molecule has 3 aliphatic rings. The predicted octanol–water partition coefficient (Wildman–Crippen LogP) is 2.87. The van der Waals surface area contributed by atoms with E-state index in [0.717, 1.165) is 42.2 Å². The number of aromatic nitrogens is 3. The van der Waals surface area contributed by atoms with Gasteiger partial charge in [-0.05, 0) is 50.0 Å². The first-order valence-corrected chi connectivity index (χ1v) is 10.6. The van der Waals surface area contributed by atoms with Crippen molar-refractivity contribution in [2.24, 2.45) is 13.0 Å². The van der Waals surface area contributed by atoms with Gasteiger partial charge in [0.05, 0.1) is 6.67 Å². The molecule has 0 unspecified atom stereocenters. The minimum atomic E-state index is 0.00963. The standard InChI is InChI=1S/C20H25N5O3S/c1-23-18(13-2-3-13)22-25(20(23)29)11-24-8-6-14(7-9-24)19(26)21-15-4-5-16-17(10-15)28-12-27-16/h4-5,10,13-14H,2-3,6-9,11-12H2,1H3,(H,21,26). The van der Waals surface area contributed by atoms with Crippen LogP contribution in [0, 0.1) is 10.7 Å². The van der Waals surface area contributed by atoms with E-state index in [-0.39, 0.29) is 18.6 Å². The fourth-order valence-electron chi connectivity index (χ4n) is 4.04. The Bertz CT molecular complexity index is 988. The molecule has 1 aliphatic carbocycles. The van der Waals surface area contributed by atoms with Crippen molar-refractivity contribution >= 4 is 23.8 Å². The number of hydrogen-bond acceptors (Lipinski definition) is 6. The number of likely N-dealkylation sites (tertiary alicyclic amines) is 1. The lowest BCUT2D eigenvalue weighted by molar-refractivity contribution is -0.121.